The van der Waals surface area contributed by atoms with E-state index in [9.17, 15) is 0 Å². The minimum atomic E-state index is 0.718. The van der Waals surface area contributed by atoms with E-state index in [0.29, 0.717) is 0 Å². The minimum Gasteiger partial charge on any atom is -0.317 e. The van der Waals surface area contributed by atoms with Crippen molar-refractivity contribution in [2.24, 2.45) is 11.3 Å². The van der Waals surface area contributed by atoms with Gasteiger partial charge in [0.05, 0.1) is 0 Å². The fourth-order valence-corrected chi connectivity index (χ4v) is 3.90. The van der Waals surface area contributed by atoms with Crippen LogP contribution in [0, 0.1) is 11.3 Å². The van der Waals surface area contributed by atoms with E-state index >= 15 is 0 Å². The van der Waals surface area contributed by atoms with Crippen LogP contribution in [0.15, 0.2) is 0 Å². The topological polar surface area (TPSA) is 27.3 Å². The highest BCUT2D eigenvalue weighted by atomic mass is 15.1. The van der Waals surface area contributed by atoms with E-state index in [1.165, 1.54) is 77.9 Å². The van der Waals surface area contributed by atoms with Crippen LogP contribution in [0.2, 0.25) is 0 Å². The number of nitrogens with zero attached hydrogens (tertiary/aromatic N) is 1. The lowest BCUT2D eigenvalue weighted by molar-refractivity contribution is 0.0668. The van der Waals surface area contributed by atoms with Crippen LogP contribution in [0.1, 0.15) is 59.8 Å². The average Bonchev–Trinajstić information content (AvgIpc) is 3.08. The summed E-state index contributed by atoms with van der Waals surface area (Å²) in [7, 11) is 0. The molecule has 0 radical (unpaired) electrons. The van der Waals surface area contributed by atoms with E-state index in [1.54, 1.807) is 0 Å². The first-order valence-corrected chi connectivity index (χ1v) is 9.50. The number of hydrogen-bond acceptors (Lipinski definition) is 3. The number of piperidine rings is 2. The second kappa shape index (κ2) is 10.6. The quantitative estimate of drug-likeness (QED) is 0.820. The lowest BCUT2D eigenvalue weighted by Gasteiger charge is -2.45. The Morgan fingerprint density at radius 1 is 0.857 bits per heavy atom. The first-order valence-electron chi connectivity index (χ1n) is 9.50. The maximum absolute atomic E-state index is 3.50. The molecule has 126 valence electrons. The van der Waals surface area contributed by atoms with Crippen LogP contribution in [0.4, 0.5) is 0 Å². The van der Waals surface area contributed by atoms with Crippen molar-refractivity contribution < 1.29 is 0 Å². The number of hydrogen-bond donors (Lipinski definition) is 2. The molecule has 0 amide bonds. The van der Waals surface area contributed by atoms with Crippen LogP contribution in [-0.4, -0.2) is 50.7 Å². The number of nitrogens with one attached hydrogen (secondary N) is 2. The normalized spacial score (nSPS) is 28.3. The Balaban J connectivity index is 0.000000510. The average molecular weight is 298 g/mol. The lowest BCUT2D eigenvalue weighted by Crippen LogP contribution is -2.46. The summed E-state index contributed by atoms with van der Waals surface area (Å²) >= 11 is 0. The van der Waals surface area contributed by atoms with Crippen molar-refractivity contribution in [1.82, 2.24) is 15.5 Å². The van der Waals surface area contributed by atoms with Crippen molar-refractivity contribution >= 4 is 0 Å². The smallest absolute Gasteiger partial charge is 0.00223 e. The Labute approximate surface area is 133 Å². The Bertz CT molecular complexity index is 233. The zero-order chi connectivity index (χ0) is 15.6. The molecule has 3 saturated heterocycles. The Kier molecular flexibility index (Phi) is 9.54. The van der Waals surface area contributed by atoms with Crippen molar-refractivity contribution in [3.63, 3.8) is 0 Å². The van der Waals surface area contributed by atoms with Gasteiger partial charge in [0.2, 0.25) is 0 Å². The molecular formula is C18H39N3. The van der Waals surface area contributed by atoms with E-state index in [0.717, 1.165) is 11.3 Å². The van der Waals surface area contributed by atoms with E-state index in [4.69, 9.17) is 0 Å². The fraction of sp³-hybridized carbons (Fsp3) is 1.00. The van der Waals surface area contributed by atoms with Crippen LogP contribution in [0.5, 0.6) is 0 Å². The molecule has 0 saturated carbocycles. The molecule has 0 bridgehead atoms. The summed E-state index contributed by atoms with van der Waals surface area (Å²) in [5.74, 6) is 0.928. The molecule has 3 heterocycles. The van der Waals surface area contributed by atoms with Gasteiger partial charge in [-0.25, -0.2) is 0 Å². The van der Waals surface area contributed by atoms with Gasteiger partial charge in [-0.05, 0) is 82.7 Å². The summed E-state index contributed by atoms with van der Waals surface area (Å²) in [5.41, 5.74) is 0.718. The molecule has 3 fully saturated rings. The van der Waals surface area contributed by atoms with Crippen molar-refractivity contribution in [1.29, 1.82) is 0 Å². The van der Waals surface area contributed by atoms with Crippen molar-refractivity contribution in [2.45, 2.75) is 59.8 Å². The SMILES string of the molecule is C1CC2(CCN1)CCN(CC1CCNC1)CC2.CC.CC. The summed E-state index contributed by atoms with van der Waals surface area (Å²) in [5, 5.41) is 6.99. The third-order valence-corrected chi connectivity index (χ3v) is 5.26. The largest absolute Gasteiger partial charge is 0.317 e. The minimum absolute atomic E-state index is 0.718. The van der Waals surface area contributed by atoms with E-state index in [-0.39, 0.29) is 0 Å². The molecule has 1 spiro atoms. The van der Waals surface area contributed by atoms with Crippen LogP contribution < -0.4 is 10.6 Å². The van der Waals surface area contributed by atoms with Crippen LogP contribution >= 0.6 is 0 Å². The molecule has 0 aliphatic carbocycles. The molecule has 3 heteroatoms. The second-order valence-corrected chi connectivity index (χ2v) is 6.41. The van der Waals surface area contributed by atoms with E-state index in [1.807, 2.05) is 27.7 Å². The van der Waals surface area contributed by atoms with Gasteiger partial charge in [-0.1, -0.05) is 27.7 Å². The summed E-state index contributed by atoms with van der Waals surface area (Å²) in [4.78, 5) is 2.73. The molecule has 1 atom stereocenters. The van der Waals surface area contributed by atoms with Gasteiger partial charge in [-0.2, -0.15) is 0 Å². The Morgan fingerprint density at radius 3 is 2.00 bits per heavy atom. The second-order valence-electron chi connectivity index (χ2n) is 6.41. The molecule has 1 unspecified atom stereocenters. The van der Waals surface area contributed by atoms with Gasteiger partial charge in [0.15, 0.2) is 0 Å². The highest BCUT2D eigenvalue weighted by Crippen LogP contribution is 2.39. The van der Waals surface area contributed by atoms with E-state index < -0.39 is 0 Å². The summed E-state index contributed by atoms with van der Waals surface area (Å²) in [6.45, 7) is 17.1. The third-order valence-electron chi connectivity index (χ3n) is 5.26. The predicted octanol–water partition coefficient (Wildman–Crippen LogP) is 3.11. The molecular weight excluding hydrogens is 258 g/mol. The Hall–Kier alpha value is -0.120. The Morgan fingerprint density at radius 2 is 1.48 bits per heavy atom. The first kappa shape index (κ1) is 18.9. The molecule has 3 aliphatic rings. The summed E-state index contributed by atoms with van der Waals surface area (Å²) in [6, 6.07) is 0. The monoisotopic (exact) mass is 297 g/mol. The molecule has 3 aliphatic heterocycles. The van der Waals surface area contributed by atoms with Gasteiger partial charge in [0.25, 0.3) is 0 Å². The van der Waals surface area contributed by atoms with Gasteiger partial charge in [0.1, 0.15) is 0 Å². The van der Waals surface area contributed by atoms with Crippen molar-refractivity contribution in [3.8, 4) is 0 Å². The van der Waals surface area contributed by atoms with Gasteiger partial charge in [0, 0.05) is 6.54 Å². The number of likely N-dealkylation sites (tertiary alicyclic amines) is 1. The number of rotatable bonds is 2. The van der Waals surface area contributed by atoms with Crippen LogP contribution in [0.3, 0.4) is 0 Å². The molecule has 0 aromatic rings. The molecule has 3 nitrogen and oxygen atoms in total. The van der Waals surface area contributed by atoms with Crippen LogP contribution in [-0.2, 0) is 0 Å². The fourth-order valence-electron chi connectivity index (χ4n) is 3.90. The third kappa shape index (κ3) is 5.88. The predicted molar refractivity (Wildman–Crippen MR) is 93.9 cm³/mol. The van der Waals surface area contributed by atoms with Gasteiger partial charge in [-0.15, -0.1) is 0 Å². The van der Waals surface area contributed by atoms with Gasteiger partial charge >= 0.3 is 0 Å². The van der Waals surface area contributed by atoms with E-state index in [2.05, 4.69) is 15.5 Å². The molecule has 2 N–H and O–H groups in total. The van der Waals surface area contributed by atoms with Gasteiger partial charge < -0.3 is 15.5 Å². The molecule has 21 heavy (non-hydrogen) atoms. The summed E-state index contributed by atoms with van der Waals surface area (Å²) in [6.07, 6.45) is 7.15. The lowest BCUT2D eigenvalue weighted by atomic mass is 9.71. The molecule has 3 rings (SSSR count). The van der Waals surface area contributed by atoms with Crippen molar-refractivity contribution in [3.05, 3.63) is 0 Å². The molecule has 0 aromatic heterocycles. The molecule has 0 aromatic carbocycles. The van der Waals surface area contributed by atoms with Crippen LogP contribution in [0.25, 0.3) is 0 Å². The summed E-state index contributed by atoms with van der Waals surface area (Å²) < 4.78 is 0. The maximum atomic E-state index is 3.50. The standard InChI is InChI=1S/C14H27N3.2C2H6/c1-6-16-11-13(1)12-17-9-4-14(5-10-17)2-7-15-8-3-14;2*1-2/h13,15-16H,1-12H2;2*1-2H3. The highest BCUT2D eigenvalue weighted by Gasteiger charge is 2.35. The zero-order valence-corrected chi connectivity index (χ0v) is 15.0. The van der Waals surface area contributed by atoms with Crippen molar-refractivity contribution in [2.75, 3.05) is 45.8 Å². The van der Waals surface area contributed by atoms with Gasteiger partial charge in [-0.3, -0.25) is 0 Å². The zero-order valence-electron chi connectivity index (χ0n) is 15.0. The highest BCUT2D eigenvalue weighted by molar-refractivity contribution is 4.90. The maximum Gasteiger partial charge on any atom is 0.00223 e. The first-order chi connectivity index (χ1) is 10.4.